The highest BCUT2D eigenvalue weighted by Crippen LogP contribution is 2.36. The average molecular weight is 315 g/mol. The molecule has 114 valence electrons. The predicted octanol–water partition coefficient (Wildman–Crippen LogP) is 3.82. The molecule has 0 amide bonds. The fourth-order valence-electron chi connectivity index (χ4n) is 2.13. The predicted molar refractivity (Wildman–Crippen MR) is 76.3 cm³/mol. The molecule has 0 bridgehead atoms. The molecule has 2 rings (SSSR count). The Labute approximate surface area is 125 Å². The van der Waals surface area contributed by atoms with E-state index in [0.717, 1.165) is 17.5 Å². The molecule has 1 unspecified atom stereocenters. The number of halogens is 3. The third kappa shape index (κ3) is 3.59. The maximum absolute atomic E-state index is 12.7. The summed E-state index contributed by atoms with van der Waals surface area (Å²) in [5.41, 5.74) is 1.97. The third-order valence-corrected chi connectivity index (χ3v) is 4.20. The van der Waals surface area contributed by atoms with Gasteiger partial charge >= 0.3 is 6.18 Å². The first kappa shape index (κ1) is 15.9. The molecule has 0 aliphatic carbocycles. The molecular weight excluding hydrogens is 299 g/mol. The maximum atomic E-state index is 12.7. The molecule has 0 aromatic carbocycles. The largest absolute Gasteiger partial charge is 0.443 e. The van der Waals surface area contributed by atoms with E-state index >= 15 is 0 Å². The van der Waals surface area contributed by atoms with Crippen LogP contribution in [0.5, 0.6) is 0 Å². The van der Waals surface area contributed by atoms with E-state index in [0.29, 0.717) is 22.8 Å². The van der Waals surface area contributed by atoms with Gasteiger partial charge < -0.3 is 5.32 Å². The van der Waals surface area contributed by atoms with Gasteiger partial charge in [0.25, 0.3) is 0 Å². The number of aryl methyl sites for hydroxylation is 1. The van der Waals surface area contributed by atoms with Crippen molar-refractivity contribution in [2.24, 2.45) is 0 Å². The minimum Gasteiger partial charge on any atom is -0.306 e. The number of nitrogens with one attached hydrogen (secondary N) is 1. The number of alkyl halides is 3. The van der Waals surface area contributed by atoms with E-state index < -0.39 is 11.2 Å². The maximum Gasteiger partial charge on any atom is 0.443 e. The number of hydrogen-bond acceptors (Lipinski definition) is 4. The Bertz CT molecular complexity index is 595. The van der Waals surface area contributed by atoms with E-state index in [9.17, 15) is 13.2 Å². The molecule has 2 aromatic heterocycles. The fourth-order valence-corrected chi connectivity index (χ4v) is 3.01. The zero-order chi connectivity index (χ0) is 15.5. The summed E-state index contributed by atoms with van der Waals surface area (Å²) in [5, 5.41) is 2.42. The van der Waals surface area contributed by atoms with Crippen LogP contribution in [0.2, 0.25) is 0 Å². The molecule has 0 saturated heterocycles. The molecule has 1 N–H and O–H groups in total. The van der Waals surface area contributed by atoms with Crippen molar-refractivity contribution in [1.82, 2.24) is 15.3 Å². The van der Waals surface area contributed by atoms with Gasteiger partial charge in [-0.25, -0.2) is 4.98 Å². The zero-order valence-corrected chi connectivity index (χ0v) is 12.6. The summed E-state index contributed by atoms with van der Waals surface area (Å²) in [6.07, 6.45) is 1.10. The number of nitrogens with zero attached hydrogens (tertiary/aromatic N) is 2. The molecule has 0 aliphatic rings. The van der Waals surface area contributed by atoms with Gasteiger partial charge in [0.2, 0.25) is 0 Å². The number of thiazole rings is 1. The Balaban J connectivity index is 2.41. The van der Waals surface area contributed by atoms with Gasteiger partial charge in [0.15, 0.2) is 5.01 Å². The van der Waals surface area contributed by atoms with Gasteiger partial charge in [0.1, 0.15) is 0 Å². The van der Waals surface area contributed by atoms with Crippen LogP contribution in [0, 0.1) is 0 Å². The summed E-state index contributed by atoms with van der Waals surface area (Å²) in [6.45, 7) is 4.57. The number of aromatic nitrogens is 2. The Morgan fingerprint density at radius 1 is 1.29 bits per heavy atom. The second kappa shape index (κ2) is 6.53. The lowest BCUT2D eigenvalue weighted by Gasteiger charge is -2.19. The van der Waals surface area contributed by atoms with E-state index in [-0.39, 0.29) is 6.04 Å². The molecule has 3 nitrogen and oxygen atoms in total. The van der Waals surface area contributed by atoms with Gasteiger partial charge in [-0.15, -0.1) is 11.3 Å². The summed E-state index contributed by atoms with van der Waals surface area (Å²) in [6, 6.07) is 1.56. The molecule has 0 fully saturated rings. The SMILES string of the molecule is CCNC(c1cnc(C(F)(F)F)s1)c1ccncc1CC. The van der Waals surface area contributed by atoms with Gasteiger partial charge in [-0.3, -0.25) is 4.98 Å². The van der Waals surface area contributed by atoms with Gasteiger partial charge in [0, 0.05) is 23.5 Å². The first-order chi connectivity index (χ1) is 9.97. The molecule has 0 aliphatic heterocycles. The Kier molecular flexibility index (Phi) is 4.95. The summed E-state index contributed by atoms with van der Waals surface area (Å²) < 4.78 is 38.1. The van der Waals surface area contributed by atoms with Crippen molar-refractivity contribution in [3.8, 4) is 0 Å². The van der Waals surface area contributed by atoms with E-state index in [2.05, 4.69) is 15.3 Å². The van der Waals surface area contributed by atoms with Crippen molar-refractivity contribution in [3.63, 3.8) is 0 Å². The van der Waals surface area contributed by atoms with Crippen LogP contribution < -0.4 is 5.32 Å². The monoisotopic (exact) mass is 315 g/mol. The number of rotatable bonds is 5. The normalized spacial score (nSPS) is 13.4. The van der Waals surface area contributed by atoms with Crippen molar-refractivity contribution < 1.29 is 13.2 Å². The highest BCUT2D eigenvalue weighted by molar-refractivity contribution is 7.11. The second-order valence-corrected chi connectivity index (χ2v) is 5.55. The summed E-state index contributed by atoms with van der Waals surface area (Å²) >= 11 is 0.683. The zero-order valence-electron chi connectivity index (χ0n) is 11.7. The van der Waals surface area contributed by atoms with Crippen molar-refractivity contribution in [2.75, 3.05) is 6.54 Å². The van der Waals surface area contributed by atoms with Crippen LogP contribution >= 0.6 is 11.3 Å². The lowest BCUT2D eigenvalue weighted by atomic mass is 10.00. The number of hydrogen-bond donors (Lipinski definition) is 1. The minimum absolute atomic E-state index is 0.290. The third-order valence-electron chi connectivity index (χ3n) is 3.09. The van der Waals surface area contributed by atoms with Crippen LogP contribution in [0.4, 0.5) is 13.2 Å². The first-order valence-electron chi connectivity index (χ1n) is 6.66. The van der Waals surface area contributed by atoms with Crippen LogP contribution in [-0.4, -0.2) is 16.5 Å². The highest BCUT2D eigenvalue weighted by atomic mass is 32.1. The smallest absolute Gasteiger partial charge is 0.306 e. The quantitative estimate of drug-likeness (QED) is 0.911. The van der Waals surface area contributed by atoms with Crippen LogP contribution in [-0.2, 0) is 12.6 Å². The van der Waals surface area contributed by atoms with Crippen molar-refractivity contribution in [2.45, 2.75) is 32.5 Å². The molecule has 0 saturated carbocycles. The lowest BCUT2D eigenvalue weighted by molar-refractivity contribution is -0.137. The second-order valence-electron chi connectivity index (χ2n) is 4.48. The Hall–Kier alpha value is -1.47. The summed E-state index contributed by atoms with van der Waals surface area (Å²) in [4.78, 5) is 8.15. The standard InChI is InChI=1S/C14H16F3N3S/c1-3-9-7-18-6-5-10(9)12(19-4-2)11-8-20-13(21-11)14(15,16)17/h5-8,12,19H,3-4H2,1-2H3. The molecule has 2 heterocycles. The molecule has 1 atom stereocenters. The van der Waals surface area contributed by atoms with Crippen LogP contribution in [0.1, 0.15) is 40.9 Å². The van der Waals surface area contributed by atoms with Crippen molar-refractivity contribution >= 4 is 11.3 Å². The lowest BCUT2D eigenvalue weighted by Crippen LogP contribution is -2.22. The topological polar surface area (TPSA) is 37.8 Å². The average Bonchev–Trinajstić information content (AvgIpc) is 2.94. The highest BCUT2D eigenvalue weighted by Gasteiger charge is 2.35. The van der Waals surface area contributed by atoms with E-state index in [4.69, 9.17) is 0 Å². The van der Waals surface area contributed by atoms with Crippen molar-refractivity contribution in [1.29, 1.82) is 0 Å². The first-order valence-corrected chi connectivity index (χ1v) is 7.48. The van der Waals surface area contributed by atoms with Crippen LogP contribution in [0.25, 0.3) is 0 Å². The van der Waals surface area contributed by atoms with Crippen molar-refractivity contribution in [3.05, 3.63) is 45.7 Å². The molecule has 0 spiro atoms. The van der Waals surface area contributed by atoms with Gasteiger partial charge in [0.05, 0.1) is 6.04 Å². The Morgan fingerprint density at radius 3 is 2.62 bits per heavy atom. The summed E-state index contributed by atoms with van der Waals surface area (Å²) in [7, 11) is 0. The van der Waals surface area contributed by atoms with Gasteiger partial charge in [-0.2, -0.15) is 13.2 Å². The van der Waals surface area contributed by atoms with Gasteiger partial charge in [-0.1, -0.05) is 13.8 Å². The Morgan fingerprint density at radius 2 is 2.05 bits per heavy atom. The van der Waals surface area contributed by atoms with E-state index in [1.54, 1.807) is 12.4 Å². The van der Waals surface area contributed by atoms with E-state index in [1.165, 1.54) is 6.20 Å². The van der Waals surface area contributed by atoms with E-state index in [1.807, 2.05) is 19.9 Å². The molecular formula is C14H16F3N3S. The molecule has 21 heavy (non-hydrogen) atoms. The summed E-state index contributed by atoms with van der Waals surface area (Å²) in [5.74, 6) is 0. The minimum atomic E-state index is -4.40. The van der Waals surface area contributed by atoms with Crippen LogP contribution in [0.3, 0.4) is 0 Å². The van der Waals surface area contributed by atoms with Crippen LogP contribution in [0.15, 0.2) is 24.7 Å². The molecule has 7 heteroatoms. The number of pyridine rings is 1. The molecule has 2 aromatic rings. The van der Waals surface area contributed by atoms with Gasteiger partial charge in [-0.05, 0) is 30.2 Å². The molecule has 0 radical (unpaired) electrons. The fraction of sp³-hybridized carbons (Fsp3) is 0.429.